The molecule has 1 atom stereocenters. The Hall–Kier alpha value is -1.23. The van der Waals surface area contributed by atoms with Crippen LogP contribution in [0.4, 0.5) is 0 Å². The lowest BCUT2D eigenvalue weighted by Gasteiger charge is -2.15. The van der Waals surface area contributed by atoms with E-state index >= 15 is 0 Å². The molecular weight excluding hydrogens is 258 g/mol. The van der Waals surface area contributed by atoms with E-state index in [4.69, 9.17) is 22.7 Å². The summed E-state index contributed by atoms with van der Waals surface area (Å²) in [7, 11) is 0. The van der Waals surface area contributed by atoms with Crippen molar-refractivity contribution in [3.63, 3.8) is 0 Å². The van der Waals surface area contributed by atoms with Crippen LogP contribution in [-0.4, -0.2) is 21.6 Å². The molecule has 106 valence electrons. The van der Waals surface area contributed by atoms with Gasteiger partial charge in [-0.05, 0) is 25.3 Å². The molecule has 0 aromatic carbocycles. The number of ether oxygens (including phenoxy) is 1. The number of nitrogens with two attached hydrogens (primary N) is 1. The number of thiocarbonyl (C=S) groups is 1. The van der Waals surface area contributed by atoms with Crippen molar-refractivity contribution in [1.82, 2.24) is 9.97 Å². The summed E-state index contributed by atoms with van der Waals surface area (Å²) < 4.78 is 5.69. The molecule has 19 heavy (non-hydrogen) atoms. The number of unbranched alkanes of at least 4 members (excludes halogenated alkanes) is 1. The van der Waals surface area contributed by atoms with Crippen molar-refractivity contribution in [2.24, 2.45) is 11.7 Å². The summed E-state index contributed by atoms with van der Waals surface area (Å²) in [5, 5.41) is 0. The van der Waals surface area contributed by atoms with E-state index in [0.29, 0.717) is 24.2 Å². The molecule has 0 aliphatic carbocycles. The van der Waals surface area contributed by atoms with Gasteiger partial charge in [0.25, 0.3) is 0 Å². The van der Waals surface area contributed by atoms with Gasteiger partial charge in [-0.2, -0.15) is 4.98 Å². The SMILES string of the molecule is CCCCC(CC)COc1nc(C)cc(C(N)=S)n1. The summed E-state index contributed by atoms with van der Waals surface area (Å²) in [6.07, 6.45) is 4.73. The molecule has 1 aromatic heterocycles. The van der Waals surface area contributed by atoms with Gasteiger partial charge in [-0.25, -0.2) is 4.98 Å². The van der Waals surface area contributed by atoms with Crippen molar-refractivity contribution >= 4 is 17.2 Å². The monoisotopic (exact) mass is 281 g/mol. The third-order valence-corrected chi connectivity index (χ3v) is 3.29. The molecule has 1 aromatic rings. The highest BCUT2D eigenvalue weighted by Gasteiger charge is 2.10. The van der Waals surface area contributed by atoms with E-state index in [-0.39, 0.29) is 4.99 Å². The first kappa shape index (κ1) is 15.8. The van der Waals surface area contributed by atoms with Crippen LogP contribution in [0.3, 0.4) is 0 Å². The minimum Gasteiger partial charge on any atom is -0.463 e. The van der Waals surface area contributed by atoms with Crippen molar-refractivity contribution in [1.29, 1.82) is 0 Å². The lowest BCUT2D eigenvalue weighted by atomic mass is 10.0. The third kappa shape index (κ3) is 5.51. The van der Waals surface area contributed by atoms with Gasteiger partial charge in [-0.15, -0.1) is 0 Å². The molecule has 1 heterocycles. The molecule has 0 spiro atoms. The van der Waals surface area contributed by atoms with Crippen molar-refractivity contribution in [3.05, 3.63) is 17.5 Å². The van der Waals surface area contributed by atoms with Gasteiger partial charge in [-0.1, -0.05) is 45.3 Å². The maximum Gasteiger partial charge on any atom is 0.317 e. The number of aryl methyl sites for hydroxylation is 1. The van der Waals surface area contributed by atoms with E-state index in [1.54, 1.807) is 6.07 Å². The van der Waals surface area contributed by atoms with Crippen molar-refractivity contribution in [2.45, 2.75) is 46.5 Å². The van der Waals surface area contributed by atoms with E-state index in [9.17, 15) is 0 Å². The summed E-state index contributed by atoms with van der Waals surface area (Å²) in [4.78, 5) is 8.75. The molecule has 0 aliphatic heterocycles. The first-order valence-electron chi connectivity index (χ1n) is 6.85. The van der Waals surface area contributed by atoms with Gasteiger partial charge in [0, 0.05) is 5.69 Å². The molecular formula is C14H23N3OS. The largest absolute Gasteiger partial charge is 0.463 e. The lowest BCUT2D eigenvalue weighted by Crippen LogP contribution is -2.16. The van der Waals surface area contributed by atoms with Crippen LogP contribution in [0.1, 0.15) is 50.9 Å². The topological polar surface area (TPSA) is 61.0 Å². The summed E-state index contributed by atoms with van der Waals surface area (Å²) in [5.74, 6) is 0.553. The first-order valence-corrected chi connectivity index (χ1v) is 7.25. The van der Waals surface area contributed by atoms with Crippen molar-refractivity contribution in [3.8, 4) is 6.01 Å². The fourth-order valence-corrected chi connectivity index (χ4v) is 1.93. The average Bonchev–Trinajstić information content (AvgIpc) is 2.38. The third-order valence-electron chi connectivity index (χ3n) is 3.08. The normalized spacial score (nSPS) is 12.2. The molecule has 0 aliphatic rings. The Morgan fingerprint density at radius 2 is 2.16 bits per heavy atom. The fourth-order valence-electron chi connectivity index (χ4n) is 1.82. The molecule has 0 fully saturated rings. The van der Waals surface area contributed by atoms with Gasteiger partial charge in [0.1, 0.15) is 10.7 Å². The Morgan fingerprint density at radius 3 is 2.74 bits per heavy atom. The molecule has 2 N–H and O–H groups in total. The number of aromatic nitrogens is 2. The predicted octanol–water partition coefficient (Wildman–Crippen LogP) is 3.01. The molecule has 4 nitrogen and oxygen atoms in total. The van der Waals surface area contributed by atoms with Crippen LogP contribution >= 0.6 is 12.2 Å². The van der Waals surface area contributed by atoms with E-state index in [0.717, 1.165) is 12.1 Å². The molecule has 0 amide bonds. The smallest absolute Gasteiger partial charge is 0.317 e. The van der Waals surface area contributed by atoms with Crippen LogP contribution < -0.4 is 10.5 Å². The Labute approximate surface area is 120 Å². The van der Waals surface area contributed by atoms with Gasteiger partial charge in [-0.3, -0.25) is 0 Å². The first-order chi connectivity index (χ1) is 9.06. The minimum absolute atomic E-state index is 0.272. The maximum atomic E-state index is 5.69. The molecule has 1 rings (SSSR count). The zero-order valence-corrected chi connectivity index (χ0v) is 12.8. The van der Waals surface area contributed by atoms with Gasteiger partial charge in [0.2, 0.25) is 0 Å². The van der Waals surface area contributed by atoms with Crippen LogP contribution in [0.2, 0.25) is 0 Å². The molecule has 0 saturated heterocycles. The highest BCUT2D eigenvalue weighted by atomic mass is 32.1. The van der Waals surface area contributed by atoms with Gasteiger partial charge >= 0.3 is 6.01 Å². The maximum absolute atomic E-state index is 5.69. The number of hydrogen-bond acceptors (Lipinski definition) is 4. The Bertz CT molecular complexity index is 423. The minimum atomic E-state index is 0.272. The Kier molecular flexibility index (Phi) is 6.70. The summed E-state index contributed by atoms with van der Waals surface area (Å²) >= 11 is 4.93. The second-order valence-corrected chi connectivity index (χ2v) is 5.21. The highest BCUT2D eigenvalue weighted by molar-refractivity contribution is 7.80. The second-order valence-electron chi connectivity index (χ2n) is 4.77. The highest BCUT2D eigenvalue weighted by Crippen LogP contribution is 2.15. The van der Waals surface area contributed by atoms with Gasteiger partial charge < -0.3 is 10.5 Å². The van der Waals surface area contributed by atoms with Crippen LogP contribution in [-0.2, 0) is 0 Å². The van der Waals surface area contributed by atoms with E-state index in [2.05, 4.69) is 23.8 Å². The second kappa shape index (κ2) is 8.04. The molecule has 0 bridgehead atoms. The summed E-state index contributed by atoms with van der Waals surface area (Å²) in [6.45, 7) is 6.91. The Morgan fingerprint density at radius 1 is 1.42 bits per heavy atom. The van der Waals surface area contributed by atoms with Crippen LogP contribution in [0, 0.1) is 12.8 Å². The van der Waals surface area contributed by atoms with Crippen LogP contribution in [0.15, 0.2) is 6.07 Å². The zero-order valence-electron chi connectivity index (χ0n) is 12.0. The molecule has 5 heteroatoms. The fraction of sp³-hybridized carbons (Fsp3) is 0.643. The lowest BCUT2D eigenvalue weighted by molar-refractivity contribution is 0.217. The van der Waals surface area contributed by atoms with Gasteiger partial charge in [0.05, 0.1) is 6.61 Å². The molecule has 1 unspecified atom stereocenters. The van der Waals surface area contributed by atoms with Crippen LogP contribution in [0.25, 0.3) is 0 Å². The van der Waals surface area contributed by atoms with Crippen molar-refractivity contribution in [2.75, 3.05) is 6.61 Å². The molecule has 0 radical (unpaired) electrons. The number of rotatable bonds is 8. The predicted molar refractivity (Wildman–Crippen MR) is 81.5 cm³/mol. The summed E-state index contributed by atoms with van der Waals surface area (Å²) in [5.41, 5.74) is 6.97. The molecule has 0 saturated carbocycles. The standard InChI is InChI=1S/C14H23N3OS/c1-4-6-7-11(5-2)9-18-14-16-10(3)8-12(17-14)13(15)19/h8,11H,4-7,9H2,1-3H3,(H2,15,19). The van der Waals surface area contributed by atoms with E-state index in [1.807, 2.05) is 6.92 Å². The van der Waals surface area contributed by atoms with E-state index < -0.39 is 0 Å². The van der Waals surface area contributed by atoms with Crippen LogP contribution in [0.5, 0.6) is 6.01 Å². The number of nitrogens with zero attached hydrogens (tertiary/aromatic N) is 2. The zero-order chi connectivity index (χ0) is 14.3. The number of hydrogen-bond donors (Lipinski definition) is 1. The average molecular weight is 281 g/mol. The van der Waals surface area contributed by atoms with Gasteiger partial charge in [0.15, 0.2) is 0 Å². The quantitative estimate of drug-likeness (QED) is 0.742. The van der Waals surface area contributed by atoms with E-state index in [1.165, 1.54) is 19.3 Å². The van der Waals surface area contributed by atoms with Crippen molar-refractivity contribution < 1.29 is 4.74 Å². The summed E-state index contributed by atoms with van der Waals surface area (Å²) in [6, 6.07) is 2.14. The Balaban J connectivity index is 2.63.